The molecular formula is C24H28N4O2. The summed E-state index contributed by atoms with van der Waals surface area (Å²) in [6.07, 6.45) is 1.40. The molecule has 2 heterocycles. The number of methoxy groups -OCH3 is 1. The average molecular weight is 405 g/mol. The van der Waals surface area contributed by atoms with Gasteiger partial charge in [-0.1, -0.05) is 25.1 Å². The maximum absolute atomic E-state index is 11.6. The first-order valence-corrected chi connectivity index (χ1v) is 10.4. The molecule has 0 fully saturated rings. The minimum absolute atomic E-state index is 0.0188. The predicted molar refractivity (Wildman–Crippen MR) is 118 cm³/mol. The number of hydrogen-bond acceptors (Lipinski definition) is 4. The molecule has 6 nitrogen and oxygen atoms in total. The Morgan fingerprint density at radius 3 is 2.67 bits per heavy atom. The summed E-state index contributed by atoms with van der Waals surface area (Å²) in [6.45, 7) is 4.54. The number of hydrogen-bond donors (Lipinski definition) is 1. The highest BCUT2D eigenvalue weighted by molar-refractivity contribution is 5.90. The topological polar surface area (TPSA) is 59.4 Å². The molecule has 30 heavy (non-hydrogen) atoms. The van der Waals surface area contributed by atoms with E-state index in [0.29, 0.717) is 6.42 Å². The summed E-state index contributed by atoms with van der Waals surface area (Å²) < 4.78 is 7.71. The highest BCUT2D eigenvalue weighted by Crippen LogP contribution is 2.28. The van der Waals surface area contributed by atoms with Crippen LogP contribution in [0.3, 0.4) is 0 Å². The van der Waals surface area contributed by atoms with Crippen LogP contribution in [-0.4, -0.2) is 34.0 Å². The van der Waals surface area contributed by atoms with Crippen LogP contribution >= 0.6 is 0 Å². The SMILES string of the molecule is CCC(=O)Nc1ccc(-c2nc3c(n2C)CN(Cc2ccccc2OC)CC3)cc1. The van der Waals surface area contributed by atoms with E-state index in [-0.39, 0.29) is 5.91 Å². The van der Waals surface area contributed by atoms with E-state index in [4.69, 9.17) is 9.72 Å². The van der Waals surface area contributed by atoms with E-state index in [0.717, 1.165) is 48.9 Å². The fraction of sp³-hybridized carbons (Fsp3) is 0.333. The smallest absolute Gasteiger partial charge is 0.224 e. The monoisotopic (exact) mass is 404 g/mol. The lowest BCUT2D eigenvalue weighted by Gasteiger charge is -2.27. The molecule has 0 radical (unpaired) electrons. The number of ether oxygens (including phenoxy) is 1. The van der Waals surface area contributed by atoms with Gasteiger partial charge in [-0.2, -0.15) is 0 Å². The van der Waals surface area contributed by atoms with Gasteiger partial charge in [0.05, 0.1) is 18.5 Å². The number of amides is 1. The van der Waals surface area contributed by atoms with E-state index in [1.165, 1.54) is 17.0 Å². The second kappa shape index (κ2) is 8.71. The van der Waals surface area contributed by atoms with Gasteiger partial charge in [0.1, 0.15) is 11.6 Å². The van der Waals surface area contributed by atoms with Gasteiger partial charge in [-0.3, -0.25) is 9.69 Å². The van der Waals surface area contributed by atoms with Crippen molar-refractivity contribution >= 4 is 11.6 Å². The van der Waals surface area contributed by atoms with Gasteiger partial charge in [0.15, 0.2) is 0 Å². The molecule has 4 rings (SSSR count). The molecule has 0 atom stereocenters. The summed E-state index contributed by atoms with van der Waals surface area (Å²) in [5.41, 5.74) is 5.50. The fourth-order valence-corrected chi connectivity index (χ4v) is 3.96. The number of fused-ring (bicyclic) bond motifs is 1. The van der Waals surface area contributed by atoms with Gasteiger partial charge in [-0.25, -0.2) is 4.98 Å². The lowest BCUT2D eigenvalue weighted by molar-refractivity contribution is -0.115. The van der Waals surface area contributed by atoms with Crippen molar-refractivity contribution in [2.45, 2.75) is 32.9 Å². The second-order valence-corrected chi connectivity index (χ2v) is 7.64. The minimum Gasteiger partial charge on any atom is -0.496 e. The molecule has 1 amide bonds. The first-order chi connectivity index (χ1) is 14.6. The highest BCUT2D eigenvalue weighted by Gasteiger charge is 2.24. The highest BCUT2D eigenvalue weighted by atomic mass is 16.5. The number of nitrogens with zero attached hydrogens (tertiary/aromatic N) is 3. The molecule has 0 aliphatic carbocycles. The zero-order valence-electron chi connectivity index (χ0n) is 17.8. The molecule has 6 heteroatoms. The van der Waals surface area contributed by atoms with Crippen molar-refractivity contribution < 1.29 is 9.53 Å². The standard InChI is InChI=1S/C24H28N4O2/c1-4-23(29)25-19-11-9-17(10-12-19)24-26-20-13-14-28(16-21(20)27(24)2)15-18-7-5-6-8-22(18)30-3/h5-12H,4,13-16H2,1-3H3,(H,25,29). The van der Waals surface area contributed by atoms with Crippen LogP contribution in [0.15, 0.2) is 48.5 Å². The van der Waals surface area contributed by atoms with Crippen molar-refractivity contribution in [2.75, 3.05) is 19.0 Å². The summed E-state index contributed by atoms with van der Waals surface area (Å²) in [5, 5.41) is 2.89. The molecular weight excluding hydrogens is 376 g/mol. The Morgan fingerprint density at radius 2 is 1.93 bits per heavy atom. The van der Waals surface area contributed by atoms with Crippen molar-refractivity contribution in [3.63, 3.8) is 0 Å². The molecule has 0 bridgehead atoms. The Labute approximate surface area is 177 Å². The van der Waals surface area contributed by atoms with Crippen LogP contribution in [0.1, 0.15) is 30.3 Å². The van der Waals surface area contributed by atoms with Crippen LogP contribution in [0.25, 0.3) is 11.4 Å². The predicted octanol–water partition coefficient (Wildman–Crippen LogP) is 4.00. The number of carbonyl (C=O) groups excluding carboxylic acids is 1. The Bertz CT molecular complexity index is 1040. The van der Waals surface area contributed by atoms with E-state index < -0.39 is 0 Å². The average Bonchev–Trinajstić information content (AvgIpc) is 3.10. The number of imidazole rings is 1. The maximum atomic E-state index is 11.6. The van der Waals surface area contributed by atoms with Gasteiger partial charge in [0.25, 0.3) is 0 Å². The molecule has 1 aliphatic rings. The third kappa shape index (κ3) is 4.09. The molecule has 2 aromatic carbocycles. The molecule has 1 aliphatic heterocycles. The maximum Gasteiger partial charge on any atom is 0.224 e. The molecule has 1 aromatic heterocycles. The second-order valence-electron chi connectivity index (χ2n) is 7.64. The van der Waals surface area contributed by atoms with Crippen LogP contribution < -0.4 is 10.1 Å². The number of carbonyl (C=O) groups is 1. The van der Waals surface area contributed by atoms with Crippen molar-refractivity contribution in [1.29, 1.82) is 0 Å². The van der Waals surface area contributed by atoms with E-state index in [1.54, 1.807) is 7.11 Å². The molecule has 3 aromatic rings. The number of anilines is 1. The van der Waals surface area contributed by atoms with E-state index in [1.807, 2.05) is 43.3 Å². The molecule has 1 N–H and O–H groups in total. The van der Waals surface area contributed by atoms with Crippen molar-refractivity contribution in [3.8, 4) is 17.1 Å². The summed E-state index contributed by atoms with van der Waals surface area (Å²) in [6, 6.07) is 16.1. The summed E-state index contributed by atoms with van der Waals surface area (Å²) in [7, 11) is 3.81. The number of aromatic nitrogens is 2. The van der Waals surface area contributed by atoms with Gasteiger partial charge in [-0.05, 0) is 30.3 Å². The lowest BCUT2D eigenvalue weighted by Crippen LogP contribution is -2.31. The summed E-state index contributed by atoms with van der Waals surface area (Å²) in [5.74, 6) is 1.92. The number of para-hydroxylation sites is 1. The zero-order valence-corrected chi connectivity index (χ0v) is 17.8. The summed E-state index contributed by atoms with van der Waals surface area (Å²) >= 11 is 0. The van der Waals surface area contributed by atoms with Gasteiger partial charge in [-0.15, -0.1) is 0 Å². The Hall–Kier alpha value is -3.12. The fourth-order valence-electron chi connectivity index (χ4n) is 3.96. The Balaban J connectivity index is 1.52. The van der Waals surface area contributed by atoms with Crippen LogP contribution in [-0.2, 0) is 31.4 Å². The van der Waals surface area contributed by atoms with Gasteiger partial charge >= 0.3 is 0 Å². The first-order valence-electron chi connectivity index (χ1n) is 10.4. The number of nitrogens with one attached hydrogen (secondary N) is 1. The van der Waals surface area contributed by atoms with Crippen molar-refractivity contribution in [3.05, 3.63) is 65.5 Å². The minimum atomic E-state index is 0.0188. The van der Waals surface area contributed by atoms with Gasteiger partial charge < -0.3 is 14.6 Å². The largest absolute Gasteiger partial charge is 0.496 e. The Morgan fingerprint density at radius 1 is 1.17 bits per heavy atom. The molecule has 0 saturated heterocycles. The molecule has 0 unspecified atom stereocenters. The third-order valence-corrected chi connectivity index (χ3v) is 5.67. The van der Waals surface area contributed by atoms with Gasteiger partial charge in [0, 0.05) is 56.3 Å². The van der Waals surface area contributed by atoms with Crippen LogP contribution in [0, 0.1) is 0 Å². The molecule has 0 spiro atoms. The third-order valence-electron chi connectivity index (χ3n) is 5.67. The van der Waals surface area contributed by atoms with E-state index >= 15 is 0 Å². The van der Waals surface area contributed by atoms with Crippen molar-refractivity contribution in [2.24, 2.45) is 7.05 Å². The Kier molecular flexibility index (Phi) is 5.86. The van der Waals surface area contributed by atoms with Crippen LogP contribution in [0.4, 0.5) is 5.69 Å². The van der Waals surface area contributed by atoms with E-state index in [9.17, 15) is 4.79 Å². The van der Waals surface area contributed by atoms with E-state index in [2.05, 4.69) is 34.0 Å². The first kappa shape index (κ1) is 20.2. The van der Waals surface area contributed by atoms with Crippen LogP contribution in [0.2, 0.25) is 0 Å². The quantitative estimate of drug-likeness (QED) is 0.675. The number of rotatable bonds is 6. The summed E-state index contributed by atoms with van der Waals surface area (Å²) in [4.78, 5) is 19.0. The zero-order chi connectivity index (χ0) is 21.1. The van der Waals surface area contributed by atoms with Crippen molar-refractivity contribution in [1.82, 2.24) is 14.5 Å². The lowest BCUT2D eigenvalue weighted by atomic mass is 10.1. The molecule has 0 saturated carbocycles. The molecule has 156 valence electrons. The number of benzene rings is 2. The normalized spacial score (nSPS) is 13.7. The van der Waals surface area contributed by atoms with Gasteiger partial charge in [0.2, 0.25) is 5.91 Å². The van der Waals surface area contributed by atoms with Crippen LogP contribution in [0.5, 0.6) is 5.75 Å².